The Hall–Kier alpha value is -1.39. The number of cyclic esters (lactones) is 2. The van der Waals surface area contributed by atoms with E-state index in [-0.39, 0.29) is 18.3 Å². The lowest BCUT2D eigenvalue weighted by Gasteiger charge is -2.46. The summed E-state index contributed by atoms with van der Waals surface area (Å²) in [5.74, 6) is -2.19. The molecule has 0 aromatic rings. The molecule has 0 amide bonds. The summed E-state index contributed by atoms with van der Waals surface area (Å²) in [6, 6.07) is 0. The molecule has 1 aliphatic heterocycles. The first-order valence-corrected chi connectivity index (χ1v) is 6.96. The van der Waals surface area contributed by atoms with E-state index >= 15 is 0 Å². The van der Waals surface area contributed by atoms with Crippen LogP contribution in [-0.4, -0.2) is 24.5 Å². The van der Waals surface area contributed by atoms with Crippen molar-refractivity contribution < 1.29 is 23.9 Å². The van der Waals surface area contributed by atoms with Crippen LogP contribution in [0.3, 0.4) is 0 Å². The average Bonchev–Trinajstić information content (AvgIpc) is 2.68. The second-order valence-electron chi connectivity index (χ2n) is 6.47. The minimum atomic E-state index is -0.567. The minimum absolute atomic E-state index is 0.0742. The molecule has 0 N–H and O–H groups in total. The van der Waals surface area contributed by atoms with Gasteiger partial charge in [-0.15, -0.1) is 0 Å². The zero-order chi connectivity index (χ0) is 15.7. The number of rotatable bonds is 5. The Balaban J connectivity index is 3.02. The largest absolute Gasteiger partial charge is 0.466 e. The van der Waals surface area contributed by atoms with Crippen molar-refractivity contribution in [3.05, 3.63) is 0 Å². The highest BCUT2D eigenvalue weighted by molar-refractivity contribution is 5.95. The van der Waals surface area contributed by atoms with E-state index in [0.717, 1.165) is 0 Å². The van der Waals surface area contributed by atoms with Gasteiger partial charge in [-0.3, -0.25) is 14.4 Å². The number of carbonyl (C=O) groups is 3. The van der Waals surface area contributed by atoms with Gasteiger partial charge >= 0.3 is 17.9 Å². The molecule has 0 spiro atoms. The van der Waals surface area contributed by atoms with E-state index in [1.165, 1.54) is 0 Å². The van der Waals surface area contributed by atoms with Gasteiger partial charge in [-0.25, -0.2) is 0 Å². The summed E-state index contributed by atoms with van der Waals surface area (Å²) < 4.78 is 9.72. The number of carbonyl (C=O) groups excluding carboxylic acids is 3. The summed E-state index contributed by atoms with van der Waals surface area (Å²) >= 11 is 0. The van der Waals surface area contributed by atoms with E-state index in [0.29, 0.717) is 6.61 Å². The van der Waals surface area contributed by atoms with E-state index in [1.54, 1.807) is 13.8 Å². The molecule has 1 fully saturated rings. The molecule has 1 rings (SSSR count). The predicted octanol–water partition coefficient (Wildman–Crippen LogP) is 2.33. The van der Waals surface area contributed by atoms with Gasteiger partial charge in [0.25, 0.3) is 0 Å². The van der Waals surface area contributed by atoms with Crippen molar-refractivity contribution in [1.29, 1.82) is 0 Å². The number of hydrogen-bond donors (Lipinski definition) is 0. The molecule has 0 bridgehead atoms. The molecule has 1 saturated heterocycles. The standard InChI is InChI=1S/C15H24O5/c1-7-19-12(17)9(2)14(3,4)15(5,6)10-8-11(16)20-13(10)18/h9-10H,7-8H2,1-6H3. The van der Waals surface area contributed by atoms with Crippen molar-refractivity contribution in [1.82, 2.24) is 0 Å². The lowest BCUT2D eigenvalue weighted by atomic mass is 9.56. The molecule has 0 aromatic carbocycles. The molecule has 0 aliphatic carbocycles. The molecular weight excluding hydrogens is 260 g/mol. The summed E-state index contributed by atoms with van der Waals surface area (Å²) in [6.45, 7) is 11.5. The first kappa shape index (κ1) is 16.7. The lowest BCUT2D eigenvalue weighted by molar-refractivity contribution is -0.162. The fourth-order valence-electron chi connectivity index (χ4n) is 2.59. The van der Waals surface area contributed by atoms with Crippen LogP contribution in [-0.2, 0) is 23.9 Å². The highest BCUT2D eigenvalue weighted by Crippen LogP contribution is 2.52. The second kappa shape index (κ2) is 5.54. The Labute approximate surface area is 120 Å². The zero-order valence-corrected chi connectivity index (χ0v) is 13.1. The molecule has 0 aromatic heterocycles. The van der Waals surface area contributed by atoms with Gasteiger partial charge in [0, 0.05) is 0 Å². The number of esters is 3. The normalized spacial score (nSPS) is 21.6. The van der Waals surface area contributed by atoms with Crippen molar-refractivity contribution in [3.8, 4) is 0 Å². The van der Waals surface area contributed by atoms with E-state index in [1.807, 2.05) is 27.7 Å². The smallest absolute Gasteiger partial charge is 0.317 e. The van der Waals surface area contributed by atoms with Crippen LogP contribution in [0.5, 0.6) is 0 Å². The van der Waals surface area contributed by atoms with Gasteiger partial charge in [0.2, 0.25) is 0 Å². The third-order valence-electron chi connectivity index (χ3n) is 5.12. The van der Waals surface area contributed by atoms with Crippen molar-refractivity contribution in [2.45, 2.75) is 48.0 Å². The predicted molar refractivity (Wildman–Crippen MR) is 72.6 cm³/mol. The minimum Gasteiger partial charge on any atom is -0.466 e. The van der Waals surface area contributed by atoms with Gasteiger partial charge < -0.3 is 9.47 Å². The van der Waals surface area contributed by atoms with Crippen LogP contribution in [0.15, 0.2) is 0 Å². The summed E-state index contributed by atoms with van der Waals surface area (Å²) in [4.78, 5) is 35.1. The van der Waals surface area contributed by atoms with E-state index in [4.69, 9.17) is 4.74 Å². The molecule has 5 heteroatoms. The van der Waals surface area contributed by atoms with Crippen LogP contribution in [0.1, 0.15) is 48.0 Å². The van der Waals surface area contributed by atoms with Crippen LogP contribution in [0, 0.1) is 22.7 Å². The van der Waals surface area contributed by atoms with Crippen LogP contribution < -0.4 is 0 Å². The first-order valence-electron chi connectivity index (χ1n) is 6.96. The summed E-state index contributed by atoms with van der Waals surface area (Å²) in [7, 11) is 0. The molecule has 2 atom stereocenters. The van der Waals surface area contributed by atoms with Crippen molar-refractivity contribution in [3.63, 3.8) is 0 Å². The summed E-state index contributed by atoms with van der Waals surface area (Å²) in [5.41, 5.74) is -1.09. The average molecular weight is 284 g/mol. The van der Waals surface area contributed by atoms with E-state index in [9.17, 15) is 14.4 Å². The van der Waals surface area contributed by atoms with Crippen molar-refractivity contribution in [2.24, 2.45) is 22.7 Å². The fourth-order valence-corrected chi connectivity index (χ4v) is 2.59. The molecular formula is C15H24O5. The van der Waals surface area contributed by atoms with Gasteiger partial charge in [0.05, 0.1) is 24.9 Å². The zero-order valence-electron chi connectivity index (χ0n) is 13.1. The highest BCUT2D eigenvalue weighted by Gasteiger charge is 2.54. The molecule has 1 aliphatic rings. The van der Waals surface area contributed by atoms with Gasteiger partial charge in [-0.1, -0.05) is 34.6 Å². The third kappa shape index (κ3) is 2.72. The van der Waals surface area contributed by atoms with Gasteiger partial charge in [0.15, 0.2) is 0 Å². The maximum Gasteiger partial charge on any atom is 0.317 e. The maximum absolute atomic E-state index is 12.0. The SMILES string of the molecule is CCOC(=O)C(C)C(C)(C)C(C)(C)C1CC(=O)OC1=O. The van der Waals surface area contributed by atoms with Gasteiger partial charge in [0.1, 0.15) is 0 Å². The topological polar surface area (TPSA) is 69.7 Å². The molecule has 5 nitrogen and oxygen atoms in total. The Morgan fingerprint density at radius 2 is 1.90 bits per heavy atom. The Morgan fingerprint density at radius 1 is 1.35 bits per heavy atom. The van der Waals surface area contributed by atoms with Crippen LogP contribution in [0.4, 0.5) is 0 Å². The third-order valence-corrected chi connectivity index (χ3v) is 5.12. The number of ether oxygens (including phenoxy) is 2. The molecule has 1 heterocycles. The Morgan fingerprint density at radius 3 is 2.30 bits per heavy atom. The van der Waals surface area contributed by atoms with Gasteiger partial charge in [-0.2, -0.15) is 0 Å². The van der Waals surface area contributed by atoms with E-state index in [2.05, 4.69) is 4.74 Å². The molecule has 20 heavy (non-hydrogen) atoms. The highest BCUT2D eigenvalue weighted by atomic mass is 16.6. The van der Waals surface area contributed by atoms with Crippen LogP contribution in [0.2, 0.25) is 0 Å². The fraction of sp³-hybridized carbons (Fsp3) is 0.800. The number of hydrogen-bond acceptors (Lipinski definition) is 5. The first-order chi connectivity index (χ1) is 9.05. The summed E-state index contributed by atoms with van der Waals surface area (Å²) in [6.07, 6.45) is 0.0742. The van der Waals surface area contributed by atoms with Crippen molar-refractivity contribution >= 4 is 17.9 Å². The Kier molecular flexibility index (Phi) is 4.62. The monoisotopic (exact) mass is 284 g/mol. The van der Waals surface area contributed by atoms with Crippen LogP contribution in [0.25, 0.3) is 0 Å². The van der Waals surface area contributed by atoms with Gasteiger partial charge in [-0.05, 0) is 17.8 Å². The molecule has 114 valence electrons. The Bertz CT molecular complexity index is 422. The molecule has 2 unspecified atom stereocenters. The summed E-state index contributed by atoms with van der Waals surface area (Å²) in [5, 5.41) is 0. The second-order valence-corrected chi connectivity index (χ2v) is 6.47. The molecule has 0 saturated carbocycles. The quantitative estimate of drug-likeness (QED) is 0.572. The lowest BCUT2D eigenvalue weighted by Crippen LogP contribution is -2.47. The molecule has 0 radical (unpaired) electrons. The van der Waals surface area contributed by atoms with E-state index < -0.39 is 28.7 Å². The van der Waals surface area contributed by atoms with Crippen molar-refractivity contribution in [2.75, 3.05) is 6.61 Å². The van der Waals surface area contributed by atoms with Crippen LogP contribution >= 0.6 is 0 Å². The maximum atomic E-state index is 12.0.